The van der Waals surface area contributed by atoms with Gasteiger partial charge >= 0.3 is 0 Å². The molecule has 1 aliphatic heterocycles. The van der Waals surface area contributed by atoms with E-state index in [0.717, 1.165) is 5.01 Å². The summed E-state index contributed by atoms with van der Waals surface area (Å²) in [5, 5.41) is 12.4. The van der Waals surface area contributed by atoms with Gasteiger partial charge in [0.1, 0.15) is 5.01 Å². The monoisotopic (exact) mass is 323 g/mol. The number of aromatic nitrogens is 4. The smallest absolute Gasteiger partial charge is 0.257 e. The van der Waals surface area contributed by atoms with Crippen LogP contribution in [0.4, 0.5) is 5.13 Å². The highest BCUT2D eigenvalue weighted by Gasteiger charge is 2.27. The number of nitrogens with zero attached hydrogens (tertiary/aromatic N) is 4. The number of amides is 1. The summed E-state index contributed by atoms with van der Waals surface area (Å²) in [6, 6.07) is -0.168. The fraction of sp³-hybridized carbons (Fsp3) is 0.417. The van der Waals surface area contributed by atoms with Gasteiger partial charge in [-0.1, -0.05) is 23.1 Å². The maximum absolute atomic E-state index is 12.2. The van der Waals surface area contributed by atoms with Gasteiger partial charge in [-0.25, -0.2) is 4.98 Å². The number of carbonyl (C=O) groups is 1. The molecular weight excluding hydrogens is 310 g/mol. The van der Waals surface area contributed by atoms with Crippen molar-refractivity contribution in [2.24, 2.45) is 0 Å². The molecule has 0 fully saturated rings. The van der Waals surface area contributed by atoms with Gasteiger partial charge in [-0.15, -0.1) is 10.2 Å². The first-order valence-electron chi connectivity index (χ1n) is 6.35. The Hall–Kier alpha value is -1.74. The predicted molar refractivity (Wildman–Crippen MR) is 80.9 cm³/mol. The van der Waals surface area contributed by atoms with Gasteiger partial charge in [0.15, 0.2) is 5.16 Å². The minimum Gasteiger partial charge on any atom is -0.300 e. The van der Waals surface area contributed by atoms with E-state index in [-0.39, 0.29) is 23.9 Å². The molecule has 1 N–H and O–H groups in total. The first-order chi connectivity index (χ1) is 10.0. The Morgan fingerprint density at radius 2 is 2.29 bits per heavy atom. The Balaban J connectivity index is 1.75. The molecule has 7 nitrogen and oxygen atoms in total. The lowest BCUT2D eigenvalue weighted by Gasteiger charge is -2.12. The Labute approximate surface area is 128 Å². The standard InChI is InChI=1S/C12H13N5O2S2/c1-6-4-13-12-17(10(6)19)8(5-20-12)3-9(18)14-11-16-15-7(2)21-11/h4,8H,3,5H2,1-2H3,(H,14,16,18)/t8-/m0/s1. The highest BCUT2D eigenvalue weighted by molar-refractivity contribution is 7.99. The third-order valence-corrected chi connectivity index (χ3v) is 4.96. The van der Waals surface area contributed by atoms with Crippen LogP contribution in [0, 0.1) is 13.8 Å². The van der Waals surface area contributed by atoms with E-state index < -0.39 is 0 Å². The Bertz CT molecular complexity index is 754. The number of fused-ring (bicyclic) bond motifs is 1. The molecule has 0 spiro atoms. The summed E-state index contributed by atoms with van der Waals surface area (Å²) in [6.07, 6.45) is 1.80. The van der Waals surface area contributed by atoms with E-state index in [9.17, 15) is 9.59 Å². The molecule has 0 bridgehead atoms. The predicted octanol–water partition coefficient (Wildman–Crippen LogP) is 1.39. The quantitative estimate of drug-likeness (QED) is 0.859. The minimum atomic E-state index is -0.169. The van der Waals surface area contributed by atoms with Gasteiger partial charge < -0.3 is 5.32 Å². The van der Waals surface area contributed by atoms with Gasteiger partial charge in [-0.05, 0) is 13.8 Å². The zero-order valence-corrected chi connectivity index (χ0v) is 13.1. The van der Waals surface area contributed by atoms with E-state index in [0.29, 0.717) is 21.6 Å². The van der Waals surface area contributed by atoms with Gasteiger partial charge in [0, 0.05) is 23.9 Å². The van der Waals surface area contributed by atoms with E-state index in [4.69, 9.17) is 0 Å². The normalized spacial score (nSPS) is 16.8. The highest BCUT2D eigenvalue weighted by Crippen LogP contribution is 2.32. The Kier molecular flexibility index (Phi) is 3.77. The van der Waals surface area contributed by atoms with Crippen LogP contribution >= 0.6 is 23.1 Å². The van der Waals surface area contributed by atoms with E-state index in [2.05, 4.69) is 20.5 Å². The molecule has 21 heavy (non-hydrogen) atoms. The molecule has 0 saturated heterocycles. The molecule has 0 aromatic carbocycles. The van der Waals surface area contributed by atoms with E-state index in [1.54, 1.807) is 17.7 Å². The average Bonchev–Trinajstić information content (AvgIpc) is 3.01. The van der Waals surface area contributed by atoms with Crippen molar-refractivity contribution in [3.05, 3.63) is 27.1 Å². The lowest BCUT2D eigenvalue weighted by atomic mass is 10.2. The largest absolute Gasteiger partial charge is 0.300 e. The fourth-order valence-corrected chi connectivity index (χ4v) is 3.82. The molecule has 9 heteroatoms. The van der Waals surface area contributed by atoms with Crippen molar-refractivity contribution in [2.45, 2.75) is 31.5 Å². The van der Waals surface area contributed by atoms with Crippen molar-refractivity contribution in [3.8, 4) is 0 Å². The summed E-state index contributed by atoms with van der Waals surface area (Å²) in [5.41, 5.74) is 0.515. The third-order valence-electron chi connectivity index (χ3n) is 3.09. The van der Waals surface area contributed by atoms with Crippen LogP contribution in [0.5, 0.6) is 0 Å². The van der Waals surface area contributed by atoms with Crippen molar-refractivity contribution in [1.82, 2.24) is 19.7 Å². The van der Waals surface area contributed by atoms with Crippen LogP contribution in [0.25, 0.3) is 0 Å². The number of hydrogen-bond donors (Lipinski definition) is 1. The molecule has 2 aromatic rings. The number of aryl methyl sites for hydroxylation is 2. The SMILES string of the molecule is Cc1nnc(NC(=O)C[C@H]2CSc3ncc(C)c(=O)n32)s1. The van der Waals surface area contributed by atoms with Gasteiger partial charge in [-0.2, -0.15) is 0 Å². The third kappa shape index (κ3) is 2.84. The summed E-state index contributed by atoms with van der Waals surface area (Å²) < 4.78 is 1.62. The van der Waals surface area contributed by atoms with E-state index in [1.165, 1.54) is 23.1 Å². The van der Waals surface area contributed by atoms with Crippen molar-refractivity contribution in [1.29, 1.82) is 0 Å². The zero-order valence-electron chi connectivity index (χ0n) is 11.5. The number of rotatable bonds is 3. The summed E-state index contributed by atoms with van der Waals surface area (Å²) in [7, 11) is 0. The summed E-state index contributed by atoms with van der Waals surface area (Å²) in [5.74, 6) is 0.506. The zero-order chi connectivity index (χ0) is 15.0. The van der Waals surface area contributed by atoms with Crippen LogP contribution in [0.2, 0.25) is 0 Å². The van der Waals surface area contributed by atoms with Crippen molar-refractivity contribution in [3.63, 3.8) is 0 Å². The Morgan fingerprint density at radius 3 is 3.00 bits per heavy atom. The van der Waals surface area contributed by atoms with Crippen LogP contribution in [0.1, 0.15) is 23.0 Å². The molecule has 3 rings (SSSR count). The molecule has 0 unspecified atom stereocenters. The summed E-state index contributed by atoms with van der Waals surface area (Å²) >= 11 is 2.82. The number of anilines is 1. The minimum absolute atomic E-state index is 0.0745. The van der Waals surface area contributed by atoms with E-state index in [1.807, 2.05) is 6.92 Å². The van der Waals surface area contributed by atoms with Crippen LogP contribution in [0.3, 0.4) is 0 Å². The van der Waals surface area contributed by atoms with Crippen molar-refractivity contribution < 1.29 is 4.79 Å². The van der Waals surface area contributed by atoms with Crippen LogP contribution < -0.4 is 10.9 Å². The maximum atomic E-state index is 12.2. The molecule has 1 atom stereocenters. The lowest BCUT2D eigenvalue weighted by Crippen LogP contribution is -2.28. The average molecular weight is 323 g/mol. The maximum Gasteiger partial charge on any atom is 0.257 e. The first-order valence-corrected chi connectivity index (χ1v) is 8.15. The summed E-state index contributed by atoms with van der Waals surface area (Å²) in [6.45, 7) is 3.55. The molecule has 1 aliphatic rings. The second-order valence-corrected chi connectivity index (χ2v) is 6.91. The molecule has 110 valence electrons. The number of nitrogens with one attached hydrogen (secondary N) is 1. The van der Waals surface area contributed by atoms with Gasteiger partial charge in [-0.3, -0.25) is 14.2 Å². The highest BCUT2D eigenvalue weighted by atomic mass is 32.2. The second kappa shape index (κ2) is 5.57. The molecule has 3 heterocycles. The van der Waals surface area contributed by atoms with Crippen LogP contribution in [-0.4, -0.2) is 31.4 Å². The van der Waals surface area contributed by atoms with E-state index >= 15 is 0 Å². The number of thioether (sulfide) groups is 1. The molecule has 0 saturated carbocycles. The summed E-state index contributed by atoms with van der Waals surface area (Å²) in [4.78, 5) is 28.5. The van der Waals surface area contributed by atoms with Gasteiger partial charge in [0.2, 0.25) is 11.0 Å². The number of hydrogen-bond acceptors (Lipinski definition) is 7. The van der Waals surface area contributed by atoms with Crippen molar-refractivity contribution >= 4 is 34.1 Å². The lowest BCUT2D eigenvalue weighted by molar-refractivity contribution is -0.116. The van der Waals surface area contributed by atoms with Crippen LogP contribution in [0.15, 0.2) is 16.1 Å². The molecule has 0 radical (unpaired) electrons. The molecule has 1 amide bonds. The second-order valence-electron chi connectivity index (χ2n) is 4.74. The van der Waals surface area contributed by atoms with Gasteiger partial charge in [0.05, 0.1) is 6.04 Å². The van der Waals surface area contributed by atoms with Crippen molar-refractivity contribution in [2.75, 3.05) is 11.1 Å². The molecular formula is C12H13N5O2S2. The molecule has 2 aromatic heterocycles. The van der Waals surface area contributed by atoms with Gasteiger partial charge in [0.25, 0.3) is 5.56 Å². The number of carbonyl (C=O) groups excluding carboxylic acids is 1. The topological polar surface area (TPSA) is 89.8 Å². The molecule has 0 aliphatic carbocycles. The van der Waals surface area contributed by atoms with Crippen LogP contribution in [-0.2, 0) is 4.79 Å². The first kappa shape index (κ1) is 14.2. The fourth-order valence-electron chi connectivity index (χ4n) is 2.10. The Morgan fingerprint density at radius 1 is 1.48 bits per heavy atom.